The molecule has 0 fully saturated rings. The Labute approximate surface area is 651 Å². The Morgan fingerprint density at radius 3 is 0.673 bits per heavy atom. The van der Waals surface area contributed by atoms with E-state index >= 15 is 0 Å². The SMILES string of the molecule is C1=Cc2nc1c(-c1ccccc1)c1ccc([n-]1)c(-c1ccccc1)c1nc(c(-c3ccccc3)c3ccc([n-]3)c2-c2ccccc2)C(c2nc3cc4nc(C5=Cc6nc5c(-c5ccccc5)c5ccc([n-]5)c(-c5ccccc5)c5nc(c(-c7ccccc7)c7ccc([n-]7)c6-c6ccccc6)C=C5)[nH]c4cc3[nH]2)=C1.[Ni+2].[Ni+2]. The second-order valence-corrected chi connectivity index (χ2v) is 27.1. The van der Waals surface area contributed by atoms with Crippen LogP contribution in [0.25, 0.3) is 203 Å². The Morgan fingerprint density at radius 1 is 0.209 bits per heavy atom. The average molecular weight is 1500 g/mol. The molecule has 17 aromatic rings. The molecule has 110 heavy (non-hydrogen) atoms. The van der Waals surface area contributed by atoms with Crippen molar-refractivity contribution >= 4 is 114 Å². The van der Waals surface area contributed by atoms with E-state index in [2.05, 4.69) is 301 Å². The molecule has 4 aliphatic heterocycles. The predicted octanol–water partition coefficient (Wildman–Crippen LogP) is 22.1. The van der Waals surface area contributed by atoms with Gasteiger partial charge in [-0.1, -0.05) is 291 Å². The van der Waals surface area contributed by atoms with Crippen molar-refractivity contribution in [2.24, 2.45) is 0 Å². The van der Waals surface area contributed by atoms with E-state index in [4.69, 9.17) is 49.8 Å². The quantitative estimate of drug-likeness (QED) is 0.126. The number of rotatable bonds is 10. The molecule has 14 heteroatoms. The third kappa shape index (κ3) is 11.7. The second kappa shape index (κ2) is 27.8. The molecular formula is C96H58N12Ni2. The van der Waals surface area contributed by atoms with Gasteiger partial charge in [0.2, 0.25) is 0 Å². The van der Waals surface area contributed by atoms with E-state index in [1.54, 1.807) is 0 Å². The number of fused-ring (bicyclic) bond motifs is 18. The van der Waals surface area contributed by atoms with Gasteiger partial charge in [-0.25, -0.2) is 29.9 Å². The topological polar surface area (TPSA) is 165 Å². The van der Waals surface area contributed by atoms with Gasteiger partial charge in [0.25, 0.3) is 0 Å². The molecule has 0 amide bonds. The van der Waals surface area contributed by atoms with Crippen LogP contribution in [0.5, 0.6) is 0 Å². The summed E-state index contributed by atoms with van der Waals surface area (Å²) in [5.74, 6) is 1.24. The van der Waals surface area contributed by atoms with E-state index in [-0.39, 0.29) is 33.0 Å². The van der Waals surface area contributed by atoms with Gasteiger partial charge in [0.05, 0.1) is 67.6 Å². The fourth-order valence-corrected chi connectivity index (χ4v) is 15.7. The Kier molecular flexibility index (Phi) is 16.9. The van der Waals surface area contributed by atoms with E-state index in [1.165, 1.54) is 0 Å². The van der Waals surface area contributed by atoms with Crippen molar-refractivity contribution in [3.05, 3.63) is 361 Å². The Balaban J connectivity index is 0.00000410. The summed E-state index contributed by atoms with van der Waals surface area (Å²) in [7, 11) is 0. The van der Waals surface area contributed by atoms with Gasteiger partial charge in [-0.05, 0) is 138 Å². The largest absolute Gasteiger partial charge is 2.00 e. The third-order valence-electron chi connectivity index (χ3n) is 20.5. The zero-order valence-electron chi connectivity index (χ0n) is 58.4. The first-order valence-corrected chi connectivity index (χ1v) is 36.0. The van der Waals surface area contributed by atoms with Gasteiger partial charge < -0.3 is 29.9 Å². The summed E-state index contributed by atoms with van der Waals surface area (Å²) in [5.41, 5.74) is 31.6. The summed E-state index contributed by atoms with van der Waals surface area (Å²) in [6.07, 6.45) is 12.7. The number of H-pyrrole nitrogens is 2. The second-order valence-electron chi connectivity index (χ2n) is 27.1. The molecule has 12 heterocycles. The molecule has 9 aromatic carbocycles. The normalized spacial score (nSPS) is 12.3. The summed E-state index contributed by atoms with van der Waals surface area (Å²) < 4.78 is 0. The van der Waals surface area contributed by atoms with Gasteiger partial charge in [0.15, 0.2) is 0 Å². The van der Waals surface area contributed by atoms with Crippen molar-refractivity contribution in [1.29, 1.82) is 0 Å². The van der Waals surface area contributed by atoms with E-state index in [9.17, 15) is 0 Å². The van der Waals surface area contributed by atoms with Crippen LogP contribution < -0.4 is 19.9 Å². The van der Waals surface area contributed by atoms with E-state index in [1.807, 2.05) is 48.5 Å². The number of aromatic nitrogens is 12. The predicted molar refractivity (Wildman–Crippen MR) is 439 cm³/mol. The molecule has 0 spiro atoms. The molecule has 0 radical (unpaired) electrons. The first kappa shape index (κ1) is 66.8. The standard InChI is InChI=1S/C96H58N12.2Ni/c1-9-25-57(26-10-1)85-67-41-43-69(97-67)87(59-29-13-3-14-30-59)73-49-51-77(101-73)91(63-37-21-7-22-38-63)93-65(53-83(103-93)89(61-33-17-5-18-34-61)75-47-45-71(85)99-75)95-105-79-55-81-82(56-80(79)106-95)108-96(107-81)66-54-84-90(62-35-19-6-20-36-62)76-48-46-72(100-76)86(58-27-11-2-12-28-58)68-42-44-70(98-68)88(60-31-15-4-16-32-60)74-50-52-78(102-74)92(94(66)104-84)64-39-23-8-24-40-64;;/h1-56H,(H,105,106)(H,107,108);;/q-4;2*+2. The molecule has 12 nitrogen and oxygen atoms in total. The molecule has 8 aromatic heterocycles. The van der Waals surface area contributed by atoms with E-state index < -0.39 is 0 Å². The van der Waals surface area contributed by atoms with Crippen LogP contribution in [0.4, 0.5) is 0 Å². The molecule has 0 atom stereocenters. The molecule has 0 saturated heterocycles. The maximum atomic E-state index is 5.82. The number of benzene rings is 9. The number of aromatic amines is 2. The molecule has 0 saturated carbocycles. The Bertz CT molecular complexity index is 6530. The van der Waals surface area contributed by atoms with Gasteiger partial charge in [-0.3, -0.25) is 0 Å². The first-order valence-electron chi connectivity index (χ1n) is 36.0. The maximum Gasteiger partial charge on any atom is 2.00 e. The van der Waals surface area contributed by atoms with Gasteiger partial charge in [-0.15, -0.1) is 44.1 Å². The number of nitrogens with one attached hydrogen (secondary N) is 2. The number of nitrogens with zero attached hydrogens (tertiary/aromatic N) is 10. The van der Waals surface area contributed by atoms with E-state index in [0.717, 1.165) is 189 Å². The number of hydrogen-bond acceptors (Lipinski definition) is 6. The van der Waals surface area contributed by atoms with Crippen LogP contribution in [-0.2, 0) is 33.0 Å². The maximum absolute atomic E-state index is 5.82. The van der Waals surface area contributed by atoms with Crippen molar-refractivity contribution in [2.45, 2.75) is 0 Å². The zero-order chi connectivity index (χ0) is 71.2. The summed E-state index contributed by atoms with van der Waals surface area (Å²) in [4.78, 5) is 63.8. The monoisotopic (exact) mass is 1490 g/mol. The Morgan fingerprint density at radius 2 is 0.427 bits per heavy atom. The summed E-state index contributed by atoms with van der Waals surface area (Å²) >= 11 is 0. The Hall–Kier alpha value is -13.9. The minimum atomic E-state index is 0. The molecule has 21 rings (SSSR count). The molecule has 16 bridgehead atoms. The zero-order valence-corrected chi connectivity index (χ0v) is 60.4. The molecule has 2 N–H and O–H groups in total. The molecular weight excluding hydrogens is 1440 g/mol. The summed E-state index contributed by atoms with van der Waals surface area (Å²) in [5, 5.41) is 0. The summed E-state index contributed by atoms with van der Waals surface area (Å²) in [6.45, 7) is 0. The first-order chi connectivity index (χ1) is 53.5. The van der Waals surface area contributed by atoms with Crippen LogP contribution >= 0.6 is 0 Å². The van der Waals surface area contributed by atoms with Crippen LogP contribution in [0.3, 0.4) is 0 Å². The van der Waals surface area contributed by atoms with Crippen LogP contribution in [0.1, 0.15) is 57.2 Å². The third-order valence-corrected chi connectivity index (χ3v) is 20.5. The van der Waals surface area contributed by atoms with Crippen molar-refractivity contribution in [3.8, 4) is 89.0 Å². The molecule has 0 aliphatic carbocycles. The number of imidazole rings is 2. The molecule has 0 unspecified atom stereocenters. The van der Waals surface area contributed by atoms with Gasteiger partial charge >= 0.3 is 33.0 Å². The van der Waals surface area contributed by atoms with Crippen molar-refractivity contribution in [1.82, 2.24) is 59.8 Å². The van der Waals surface area contributed by atoms with Gasteiger partial charge in [0.1, 0.15) is 11.6 Å². The molecule has 4 aliphatic rings. The number of hydrogen-bond donors (Lipinski definition) is 2. The minimum absolute atomic E-state index is 0. The van der Waals surface area contributed by atoms with Crippen molar-refractivity contribution in [3.63, 3.8) is 0 Å². The fraction of sp³-hybridized carbons (Fsp3) is 0. The van der Waals surface area contributed by atoms with E-state index in [0.29, 0.717) is 34.1 Å². The fourth-order valence-electron chi connectivity index (χ4n) is 15.7. The summed E-state index contributed by atoms with van der Waals surface area (Å²) in [6, 6.07) is 104. The van der Waals surface area contributed by atoms with Gasteiger partial charge in [-0.2, -0.15) is 0 Å². The van der Waals surface area contributed by atoms with Crippen LogP contribution in [-0.4, -0.2) is 39.9 Å². The van der Waals surface area contributed by atoms with Crippen molar-refractivity contribution < 1.29 is 33.0 Å². The van der Waals surface area contributed by atoms with Crippen LogP contribution in [0.15, 0.2) is 303 Å². The minimum Gasteiger partial charge on any atom is -0.657 e. The molecule has 522 valence electrons. The van der Waals surface area contributed by atoms with Crippen LogP contribution in [0.2, 0.25) is 0 Å². The smallest absolute Gasteiger partial charge is 0.657 e. The van der Waals surface area contributed by atoms with Gasteiger partial charge in [0, 0.05) is 11.1 Å². The van der Waals surface area contributed by atoms with Crippen LogP contribution in [0, 0.1) is 0 Å². The van der Waals surface area contributed by atoms with Crippen molar-refractivity contribution in [2.75, 3.05) is 0 Å². The average Bonchev–Trinajstić information content (AvgIpc) is 1.59.